The van der Waals surface area contributed by atoms with Gasteiger partial charge in [-0.05, 0) is 29.8 Å². The van der Waals surface area contributed by atoms with E-state index in [1.165, 1.54) is 5.69 Å². The van der Waals surface area contributed by atoms with Gasteiger partial charge in [0.05, 0.1) is 0 Å². The molecule has 0 unspecified atom stereocenters. The highest BCUT2D eigenvalue weighted by Crippen LogP contribution is 2.23. The van der Waals surface area contributed by atoms with Gasteiger partial charge >= 0.3 is 6.09 Å². The van der Waals surface area contributed by atoms with E-state index >= 15 is 0 Å². The number of ether oxygens (including phenoxy) is 1. The minimum atomic E-state index is -0.730. The molecule has 0 saturated carbocycles. The Bertz CT molecular complexity index is 701. The first kappa shape index (κ1) is 18.5. The van der Waals surface area contributed by atoms with Crippen LogP contribution in [-0.2, 0) is 4.74 Å². The van der Waals surface area contributed by atoms with E-state index in [0.717, 1.165) is 49.7 Å². The van der Waals surface area contributed by atoms with Crippen LogP contribution >= 0.6 is 11.6 Å². The maximum atomic E-state index is 11.2. The summed E-state index contributed by atoms with van der Waals surface area (Å²) in [6.45, 7) is 4.74. The number of anilines is 1. The number of benzene rings is 2. The summed E-state index contributed by atoms with van der Waals surface area (Å²) >= 11 is 5.96. The molecule has 6 heteroatoms. The Labute approximate surface area is 159 Å². The molecule has 1 aliphatic heterocycles. The van der Waals surface area contributed by atoms with Crippen LogP contribution in [0.5, 0.6) is 0 Å². The molecule has 0 radical (unpaired) electrons. The minimum absolute atomic E-state index is 0.303. The van der Waals surface area contributed by atoms with Crippen LogP contribution in [0.25, 0.3) is 0 Å². The lowest BCUT2D eigenvalue weighted by atomic mass is 10.1. The average Bonchev–Trinajstić information content (AvgIpc) is 2.67. The number of rotatable bonds is 6. The van der Waals surface area contributed by atoms with Gasteiger partial charge in [-0.15, -0.1) is 0 Å². The highest BCUT2D eigenvalue weighted by atomic mass is 35.5. The number of primary amides is 1. The van der Waals surface area contributed by atoms with E-state index in [-0.39, 0.29) is 6.10 Å². The van der Waals surface area contributed by atoms with Crippen LogP contribution < -0.4 is 10.6 Å². The van der Waals surface area contributed by atoms with Crippen LogP contribution in [0.4, 0.5) is 10.5 Å². The Morgan fingerprint density at radius 2 is 1.69 bits per heavy atom. The Hall–Kier alpha value is -2.24. The molecule has 2 aromatic carbocycles. The molecule has 0 aromatic heterocycles. The van der Waals surface area contributed by atoms with Crippen molar-refractivity contribution in [2.24, 2.45) is 5.73 Å². The third kappa shape index (κ3) is 5.13. The lowest BCUT2D eigenvalue weighted by Crippen LogP contribution is -2.46. The number of piperazine rings is 1. The van der Waals surface area contributed by atoms with Crippen molar-refractivity contribution in [3.05, 3.63) is 65.2 Å². The van der Waals surface area contributed by atoms with Gasteiger partial charge in [-0.2, -0.15) is 0 Å². The molecule has 0 aliphatic carbocycles. The number of hydrogen-bond acceptors (Lipinski definition) is 4. The topological polar surface area (TPSA) is 58.8 Å². The quantitative estimate of drug-likeness (QED) is 0.838. The van der Waals surface area contributed by atoms with Crippen LogP contribution in [0.3, 0.4) is 0 Å². The van der Waals surface area contributed by atoms with Gasteiger partial charge in [0.15, 0.2) is 0 Å². The number of hydrogen-bond donors (Lipinski definition) is 1. The zero-order valence-electron chi connectivity index (χ0n) is 14.7. The fraction of sp³-hybridized carbons (Fsp3) is 0.350. The van der Waals surface area contributed by atoms with E-state index in [9.17, 15) is 4.79 Å². The SMILES string of the molecule is NC(=O)O[C@H](CCN1CCN(c2ccc(Cl)cc2)CC1)c1ccccc1. The smallest absolute Gasteiger partial charge is 0.405 e. The van der Waals surface area contributed by atoms with E-state index < -0.39 is 6.09 Å². The molecule has 3 rings (SSSR count). The van der Waals surface area contributed by atoms with Crippen molar-refractivity contribution in [2.75, 3.05) is 37.6 Å². The molecule has 1 fully saturated rings. The molecular weight excluding hydrogens is 350 g/mol. The number of carbonyl (C=O) groups excluding carboxylic acids is 1. The van der Waals surface area contributed by atoms with Crippen LogP contribution in [-0.4, -0.2) is 43.7 Å². The van der Waals surface area contributed by atoms with Gasteiger partial charge in [-0.3, -0.25) is 4.90 Å². The number of nitrogens with zero attached hydrogens (tertiary/aromatic N) is 2. The fourth-order valence-corrected chi connectivity index (χ4v) is 3.41. The predicted molar refractivity (Wildman–Crippen MR) is 105 cm³/mol. The summed E-state index contributed by atoms with van der Waals surface area (Å²) in [6, 6.07) is 17.7. The van der Waals surface area contributed by atoms with Gasteiger partial charge in [-0.1, -0.05) is 41.9 Å². The summed E-state index contributed by atoms with van der Waals surface area (Å²) in [5.74, 6) is 0. The molecule has 1 amide bonds. The molecule has 0 bridgehead atoms. The molecule has 1 heterocycles. The van der Waals surface area contributed by atoms with Crippen molar-refractivity contribution in [1.82, 2.24) is 4.90 Å². The van der Waals surface area contributed by atoms with Crippen LogP contribution in [0.1, 0.15) is 18.1 Å². The van der Waals surface area contributed by atoms with Crippen LogP contribution in [0.15, 0.2) is 54.6 Å². The van der Waals surface area contributed by atoms with Gasteiger partial charge < -0.3 is 15.4 Å². The van der Waals surface area contributed by atoms with Crippen molar-refractivity contribution in [3.8, 4) is 0 Å². The maximum absolute atomic E-state index is 11.2. The highest BCUT2D eigenvalue weighted by Gasteiger charge is 2.20. The molecule has 1 aliphatic rings. The number of nitrogens with two attached hydrogens (primary N) is 1. The van der Waals surface area contributed by atoms with E-state index in [0.29, 0.717) is 0 Å². The molecule has 5 nitrogen and oxygen atoms in total. The summed E-state index contributed by atoms with van der Waals surface area (Å²) in [5.41, 5.74) is 7.42. The van der Waals surface area contributed by atoms with E-state index in [1.54, 1.807) is 0 Å². The van der Waals surface area contributed by atoms with Gasteiger partial charge in [0.25, 0.3) is 0 Å². The monoisotopic (exact) mass is 373 g/mol. The standard InChI is InChI=1S/C20H24ClN3O2/c21-17-6-8-18(9-7-17)24-14-12-23(13-15-24)11-10-19(26-20(22)25)16-4-2-1-3-5-16/h1-9,19H,10-15H2,(H2,22,25)/t19-/m1/s1. The van der Waals surface area contributed by atoms with E-state index in [1.807, 2.05) is 42.5 Å². The molecular formula is C20H24ClN3O2. The van der Waals surface area contributed by atoms with Crippen LogP contribution in [0.2, 0.25) is 5.02 Å². The number of amides is 1. The third-order valence-electron chi connectivity index (χ3n) is 4.70. The number of halogens is 1. The van der Waals surface area contributed by atoms with Crippen molar-refractivity contribution in [3.63, 3.8) is 0 Å². The van der Waals surface area contributed by atoms with E-state index in [4.69, 9.17) is 22.1 Å². The lowest BCUT2D eigenvalue weighted by molar-refractivity contribution is 0.0910. The Morgan fingerprint density at radius 3 is 2.31 bits per heavy atom. The Morgan fingerprint density at radius 1 is 1.04 bits per heavy atom. The summed E-state index contributed by atoms with van der Waals surface area (Å²) in [5, 5.41) is 0.758. The summed E-state index contributed by atoms with van der Waals surface area (Å²) in [6.07, 6.45) is -0.303. The molecule has 1 saturated heterocycles. The second-order valence-electron chi connectivity index (χ2n) is 6.43. The zero-order chi connectivity index (χ0) is 18.4. The second kappa shape index (κ2) is 8.92. The highest BCUT2D eigenvalue weighted by molar-refractivity contribution is 6.30. The van der Waals surface area contributed by atoms with E-state index in [2.05, 4.69) is 21.9 Å². The van der Waals surface area contributed by atoms with Gasteiger partial charge in [0, 0.05) is 49.9 Å². The lowest BCUT2D eigenvalue weighted by Gasteiger charge is -2.36. The molecule has 2 aromatic rings. The van der Waals surface area contributed by atoms with Crippen molar-refractivity contribution >= 4 is 23.4 Å². The summed E-state index contributed by atoms with van der Waals surface area (Å²) < 4.78 is 5.32. The van der Waals surface area contributed by atoms with Gasteiger partial charge in [-0.25, -0.2) is 4.79 Å². The fourth-order valence-electron chi connectivity index (χ4n) is 3.28. The summed E-state index contributed by atoms with van der Waals surface area (Å²) in [4.78, 5) is 16.0. The molecule has 2 N–H and O–H groups in total. The largest absolute Gasteiger partial charge is 0.441 e. The van der Waals surface area contributed by atoms with Crippen molar-refractivity contribution in [1.29, 1.82) is 0 Å². The second-order valence-corrected chi connectivity index (χ2v) is 6.87. The predicted octanol–water partition coefficient (Wildman–Crippen LogP) is 3.69. The molecule has 138 valence electrons. The summed E-state index contributed by atoms with van der Waals surface area (Å²) in [7, 11) is 0. The van der Waals surface area contributed by atoms with Crippen molar-refractivity contribution < 1.29 is 9.53 Å². The molecule has 1 atom stereocenters. The van der Waals surface area contributed by atoms with Gasteiger partial charge in [0.1, 0.15) is 6.10 Å². The third-order valence-corrected chi connectivity index (χ3v) is 4.95. The number of carbonyl (C=O) groups is 1. The minimum Gasteiger partial charge on any atom is -0.441 e. The first-order valence-corrected chi connectivity index (χ1v) is 9.23. The average molecular weight is 374 g/mol. The Kier molecular flexibility index (Phi) is 6.36. The first-order valence-electron chi connectivity index (χ1n) is 8.86. The van der Waals surface area contributed by atoms with Crippen molar-refractivity contribution in [2.45, 2.75) is 12.5 Å². The van der Waals surface area contributed by atoms with Crippen LogP contribution in [0, 0.1) is 0 Å². The Balaban J connectivity index is 1.51. The first-order chi connectivity index (χ1) is 12.6. The zero-order valence-corrected chi connectivity index (χ0v) is 15.4. The van der Waals surface area contributed by atoms with Gasteiger partial charge in [0.2, 0.25) is 0 Å². The molecule has 0 spiro atoms. The normalized spacial score (nSPS) is 16.3. The maximum Gasteiger partial charge on any atom is 0.405 e. The molecule has 26 heavy (non-hydrogen) atoms.